The number of nitrogens with zero attached hydrogens (tertiary/aromatic N) is 2. The number of ether oxygens (including phenoxy) is 1. The van der Waals surface area contributed by atoms with Gasteiger partial charge in [-0.1, -0.05) is 28.9 Å². The van der Waals surface area contributed by atoms with Crippen LogP contribution in [0.3, 0.4) is 0 Å². The number of benzene rings is 1. The van der Waals surface area contributed by atoms with Crippen molar-refractivity contribution in [2.45, 2.75) is 25.2 Å². The molecule has 19 heavy (non-hydrogen) atoms. The first-order chi connectivity index (χ1) is 9.31. The van der Waals surface area contributed by atoms with Gasteiger partial charge in [0.15, 0.2) is 5.82 Å². The molecule has 0 spiro atoms. The highest BCUT2D eigenvalue weighted by Crippen LogP contribution is 2.22. The molecule has 1 atom stereocenters. The molecule has 1 aliphatic rings. The molecule has 1 aliphatic heterocycles. The summed E-state index contributed by atoms with van der Waals surface area (Å²) >= 11 is 5.95. The Morgan fingerprint density at radius 3 is 3.05 bits per heavy atom. The van der Waals surface area contributed by atoms with Gasteiger partial charge in [-0.05, 0) is 30.5 Å². The van der Waals surface area contributed by atoms with Crippen LogP contribution in [0.25, 0.3) is 0 Å². The molecular formula is C14H15ClN2O2. The standard InChI is InChI=1S/C14H15ClN2O2/c15-12-3-1-2-10(8-12)4-5-13-16-14(17-19-13)11-6-7-18-9-11/h1-3,8,11H,4-7,9H2/t11-/m1/s1. The molecular weight excluding hydrogens is 264 g/mol. The van der Waals surface area contributed by atoms with E-state index in [2.05, 4.69) is 10.1 Å². The molecule has 0 radical (unpaired) electrons. The van der Waals surface area contributed by atoms with Crippen molar-refractivity contribution in [3.63, 3.8) is 0 Å². The van der Waals surface area contributed by atoms with Crippen molar-refractivity contribution in [3.8, 4) is 0 Å². The smallest absolute Gasteiger partial charge is 0.226 e. The third-order valence-electron chi connectivity index (χ3n) is 3.30. The predicted molar refractivity (Wildman–Crippen MR) is 71.3 cm³/mol. The molecule has 0 N–H and O–H groups in total. The van der Waals surface area contributed by atoms with Crippen LogP contribution in [-0.2, 0) is 17.6 Å². The monoisotopic (exact) mass is 278 g/mol. The highest BCUT2D eigenvalue weighted by Gasteiger charge is 2.22. The highest BCUT2D eigenvalue weighted by molar-refractivity contribution is 6.30. The van der Waals surface area contributed by atoms with Gasteiger partial charge in [-0.15, -0.1) is 0 Å². The average molecular weight is 279 g/mol. The number of hydrogen-bond donors (Lipinski definition) is 0. The van der Waals surface area contributed by atoms with Crippen LogP contribution in [-0.4, -0.2) is 23.4 Å². The van der Waals surface area contributed by atoms with Crippen molar-refractivity contribution in [3.05, 3.63) is 46.6 Å². The van der Waals surface area contributed by atoms with Gasteiger partial charge in [-0.3, -0.25) is 0 Å². The Morgan fingerprint density at radius 2 is 2.26 bits per heavy atom. The van der Waals surface area contributed by atoms with Crippen LogP contribution in [0.2, 0.25) is 5.02 Å². The lowest BCUT2D eigenvalue weighted by molar-refractivity contribution is 0.192. The summed E-state index contributed by atoms with van der Waals surface area (Å²) in [5.74, 6) is 1.75. The number of rotatable bonds is 4. The van der Waals surface area contributed by atoms with E-state index in [9.17, 15) is 0 Å². The SMILES string of the molecule is Clc1cccc(CCc2nc([C@@H]3CCOC3)no2)c1. The van der Waals surface area contributed by atoms with Crippen molar-refractivity contribution in [2.24, 2.45) is 0 Å². The zero-order valence-corrected chi connectivity index (χ0v) is 11.3. The van der Waals surface area contributed by atoms with E-state index in [0.717, 1.165) is 36.7 Å². The number of aryl methyl sites for hydroxylation is 2. The summed E-state index contributed by atoms with van der Waals surface area (Å²) in [5.41, 5.74) is 1.18. The van der Waals surface area contributed by atoms with Crippen LogP contribution in [0.1, 0.15) is 29.6 Å². The Bertz CT molecular complexity index is 550. The van der Waals surface area contributed by atoms with Gasteiger partial charge in [0, 0.05) is 24.0 Å². The molecule has 4 nitrogen and oxygen atoms in total. The van der Waals surface area contributed by atoms with E-state index < -0.39 is 0 Å². The van der Waals surface area contributed by atoms with Gasteiger partial charge in [-0.2, -0.15) is 4.98 Å². The minimum Gasteiger partial charge on any atom is -0.381 e. The van der Waals surface area contributed by atoms with Crippen molar-refractivity contribution in [1.82, 2.24) is 10.1 Å². The molecule has 1 fully saturated rings. The first-order valence-electron chi connectivity index (χ1n) is 6.46. The van der Waals surface area contributed by atoms with Gasteiger partial charge in [-0.25, -0.2) is 0 Å². The van der Waals surface area contributed by atoms with Gasteiger partial charge in [0.2, 0.25) is 5.89 Å². The van der Waals surface area contributed by atoms with E-state index in [-0.39, 0.29) is 0 Å². The van der Waals surface area contributed by atoms with Gasteiger partial charge in [0.05, 0.1) is 6.61 Å². The van der Waals surface area contributed by atoms with Crippen LogP contribution in [0, 0.1) is 0 Å². The van der Waals surface area contributed by atoms with Crippen molar-refractivity contribution >= 4 is 11.6 Å². The molecule has 2 heterocycles. The van der Waals surface area contributed by atoms with Crippen molar-refractivity contribution in [1.29, 1.82) is 0 Å². The second kappa shape index (κ2) is 5.72. The zero-order valence-electron chi connectivity index (χ0n) is 10.5. The molecule has 0 aliphatic carbocycles. The predicted octanol–water partition coefficient (Wildman–Crippen LogP) is 3.01. The summed E-state index contributed by atoms with van der Waals surface area (Å²) in [6, 6.07) is 7.83. The summed E-state index contributed by atoms with van der Waals surface area (Å²) < 4.78 is 10.6. The fourth-order valence-corrected chi connectivity index (χ4v) is 2.43. The largest absolute Gasteiger partial charge is 0.381 e. The van der Waals surface area contributed by atoms with Crippen LogP contribution >= 0.6 is 11.6 Å². The minimum atomic E-state index is 0.295. The molecule has 0 amide bonds. The number of hydrogen-bond acceptors (Lipinski definition) is 4. The Hall–Kier alpha value is -1.39. The summed E-state index contributed by atoms with van der Waals surface area (Å²) in [6.07, 6.45) is 2.57. The Balaban J connectivity index is 1.61. The first kappa shape index (κ1) is 12.6. The minimum absolute atomic E-state index is 0.295. The lowest BCUT2D eigenvalue weighted by atomic mass is 10.1. The molecule has 1 aromatic carbocycles. The van der Waals surface area contributed by atoms with Gasteiger partial charge >= 0.3 is 0 Å². The van der Waals surface area contributed by atoms with Crippen LogP contribution in [0.4, 0.5) is 0 Å². The van der Waals surface area contributed by atoms with Gasteiger partial charge in [0.1, 0.15) is 0 Å². The molecule has 1 aromatic heterocycles. The van der Waals surface area contributed by atoms with E-state index >= 15 is 0 Å². The van der Waals surface area contributed by atoms with Crippen LogP contribution < -0.4 is 0 Å². The maximum absolute atomic E-state index is 5.95. The quantitative estimate of drug-likeness (QED) is 0.862. The molecule has 0 saturated carbocycles. The maximum Gasteiger partial charge on any atom is 0.226 e. The second-order valence-corrected chi connectivity index (χ2v) is 5.17. The molecule has 0 bridgehead atoms. The molecule has 5 heteroatoms. The van der Waals surface area contributed by atoms with E-state index in [1.807, 2.05) is 24.3 Å². The van der Waals surface area contributed by atoms with Crippen molar-refractivity contribution in [2.75, 3.05) is 13.2 Å². The lowest BCUT2D eigenvalue weighted by Crippen LogP contribution is -2.00. The van der Waals surface area contributed by atoms with E-state index in [0.29, 0.717) is 18.4 Å². The summed E-state index contributed by atoms with van der Waals surface area (Å²) in [7, 11) is 0. The fraction of sp³-hybridized carbons (Fsp3) is 0.429. The summed E-state index contributed by atoms with van der Waals surface area (Å²) in [6.45, 7) is 1.49. The molecule has 100 valence electrons. The maximum atomic E-state index is 5.95. The molecule has 0 unspecified atom stereocenters. The van der Waals surface area contributed by atoms with E-state index in [4.69, 9.17) is 20.9 Å². The highest BCUT2D eigenvalue weighted by atomic mass is 35.5. The second-order valence-electron chi connectivity index (χ2n) is 4.74. The zero-order chi connectivity index (χ0) is 13.1. The fourth-order valence-electron chi connectivity index (χ4n) is 2.22. The Labute approximate surface area is 116 Å². The third kappa shape index (κ3) is 3.14. The molecule has 1 saturated heterocycles. The van der Waals surface area contributed by atoms with Gasteiger partial charge < -0.3 is 9.26 Å². The normalized spacial score (nSPS) is 18.9. The van der Waals surface area contributed by atoms with Gasteiger partial charge in [0.25, 0.3) is 0 Å². The Kier molecular flexibility index (Phi) is 3.80. The van der Waals surface area contributed by atoms with E-state index in [1.165, 1.54) is 5.56 Å². The molecule has 2 aromatic rings. The van der Waals surface area contributed by atoms with E-state index in [1.54, 1.807) is 0 Å². The Morgan fingerprint density at radius 1 is 1.32 bits per heavy atom. The molecule has 3 rings (SSSR count). The van der Waals surface area contributed by atoms with Crippen LogP contribution in [0.5, 0.6) is 0 Å². The van der Waals surface area contributed by atoms with Crippen molar-refractivity contribution < 1.29 is 9.26 Å². The topological polar surface area (TPSA) is 48.2 Å². The lowest BCUT2D eigenvalue weighted by Gasteiger charge is -1.99. The number of aromatic nitrogens is 2. The first-order valence-corrected chi connectivity index (χ1v) is 6.84. The van der Waals surface area contributed by atoms with Crippen LogP contribution in [0.15, 0.2) is 28.8 Å². The summed E-state index contributed by atoms with van der Waals surface area (Å²) in [4.78, 5) is 4.44. The average Bonchev–Trinajstić information content (AvgIpc) is 3.07. The third-order valence-corrected chi connectivity index (χ3v) is 3.53. The summed E-state index contributed by atoms with van der Waals surface area (Å²) in [5, 5.41) is 4.79. The number of halogens is 1.